The van der Waals surface area contributed by atoms with Gasteiger partial charge in [-0.3, -0.25) is 4.79 Å². The second-order valence-electron chi connectivity index (χ2n) is 4.40. The van der Waals surface area contributed by atoms with Crippen molar-refractivity contribution in [1.82, 2.24) is 15.2 Å². The number of thiazole rings is 1. The Bertz CT molecular complexity index is 472. The first-order valence-electron chi connectivity index (χ1n) is 5.95. The lowest BCUT2D eigenvalue weighted by Gasteiger charge is -2.27. The van der Waals surface area contributed by atoms with Gasteiger partial charge in [-0.1, -0.05) is 0 Å². The van der Waals surface area contributed by atoms with E-state index < -0.39 is 17.9 Å². The van der Waals surface area contributed by atoms with Crippen LogP contribution < -0.4 is 5.32 Å². The quantitative estimate of drug-likeness (QED) is 0.909. The zero-order chi connectivity index (χ0) is 14.8. The standard InChI is InChI=1S/C11H14F3N3O2S/c1-17(10(18)7-5-19-3-2-15-7)4-9-16-8(6-20-9)11(12,13)14/h6-7,15H,2-5H2,1H3. The summed E-state index contributed by atoms with van der Waals surface area (Å²) in [7, 11) is 1.54. The van der Waals surface area contributed by atoms with E-state index in [9.17, 15) is 18.0 Å². The van der Waals surface area contributed by atoms with E-state index in [0.29, 0.717) is 13.2 Å². The van der Waals surface area contributed by atoms with Crippen LogP contribution in [0.5, 0.6) is 0 Å². The van der Waals surface area contributed by atoms with Crippen molar-refractivity contribution in [3.63, 3.8) is 0 Å². The molecule has 1 atom stereocenters. The monoisotopic (exact) mass is 309 g/mol. The Hall–Kier alpha value is -1.19. The summed E-state index contributed by atoms with van der Waals surface area (Å²) in [5, 5.41) is 4.21. The highest BCUT2D eigenvalue weighted by Gasteiger charge is 2.34. The number of aromatic nitrogens is 1. The van der Waals surface area contributed by atoms with Crippen molar-refractivity contribution in [2.75, 3.05) is 26.8 Å². The molecule has 1 N–H and O–H groups in total. The molecule has 5 nitrogen and oxygen atoms in total. The van der Waals surface area contributed by atoms with Crippen LogP contribution in [-0.4, -0.2) is 48.6 Å². The Kier molecular flexibility index (Phi) is 4.61. The lowest BCUT2D eigenvalue weighted by atomic mass is 10.2. The summed E-state index contributed by atoms with van der Waals surface area (Å²) in [6, 6.07) is -0.448. The van der Waals surface area contributed by atoms with Crippen LogP contribution in [0, 0.1) is 0 Å². The molecule has 20 heavy (non-hydrogen) atoms. The lowest BCUT2D eigenvalue weighted by molar-refractivity contribution is -0.140. The topological polar surface area (TPSA) is 54.5 Å². The minimum absolute atomic E-state index is 0.0533. The number of halogens is 3. The molecule has 2 heterocycles. The van der Waals surface area contributed by atoms with E-state index in [-0.39, 0.29) is 24.1 Å². The zero-order valence-electron chi connectivity index (χ0n) is 10.7. The highest BCUT2D eigenvalue weighted by molar-refractivity contribution is 7.09. The summed E-state index contributed by atoms with van der Waals surface area (Å²) in [6.07, 6.45) is -4.45. The van der Waals surface area contributed by atoms with Gasteiger partial charge in [0.1, 0.15) is 11.0 Å². The predicted molar refractivity (Wildman–Crippen MR) is 66.2 cm³/mol. The normalized spacial score (nSPS) is 19.9. The number of alkyl halides is 3. The Morgan fingerprint density at radius 2 is 2.40 bits per heavy atom. The molecular weight excluding hydrogens is 295 g/mol. The summed E-state index contributed by atoms with van der Waals surface area (Å²) in [5.41, 5.74) is -0.919. The number of nitrogens with one attached hydrogen (secondary N) is 1. The molecule has 1 fully saturated rings. The summed E-state index contributed by atoms with van der Waals surface area (Å²) in [4.78, 5) is 16.9. The fraction of sp³-hybridized carbons (Fsp3) is 0.636. The number of carbonyl (C=O) groups is 1. The molecule has 9 heteroatoms. The largest absolute Gasteiger partial charge is 0.434 e. The van der Waals surface area contributed by atoms with Gasteiger partial charge < -0.3 is 15.0 Å². The molecule has 0 spiro atoms. The minimum Gasteiger partial charge on any atom is -0.378 e. The summed E-state index contributed by atoms with van der Waals surface area (Å²) < 4.78 is 42.5. The molecule has 1 aliphatic rings. The van der Waals surface area contributed by atoms with Crippen molar-refractivity contribution < 1.29 is 22.7 Å². The van der Waals surface area contributed by atoms with Crippen LogP contribution in [0.15, 0.2) is 5.38 Å². The highest BCUT2D eigenvalue weighted by Crippen LogP contribution is 2.30. The number of hydrogen-bond donors (Lipinski definition) is 1. The number of hydrogen-bond acceptors (Lipinski definition) is 5. The molecular formula is C11H14F3N3O2S. The first-order valence-corrected chi connectivity index (χ1v) is 6.83. The SMILES string of the molecule is CN(Cc1nc(C(F)(F)F)cs1)C(=O)C1COCCN1. The number of amides is 1. The van der Waals surface area contributed by atoms with E-state index >= 15 is 0 Å². The molecule has 0 aromatic carbocycles. The van der Waals surface area contributed by atoms with Gasteiger partial charge in [0.2, 0.25) is 5.91 Å². The van der Waals surface area contributed by atoms with Crippen molar-refractivity contribution in [3.8, 4) is 0 Å². The van der Waals surface area contributed by atoms with Crippen molar-refractivity contribution in [2.24, 2.45) is 0 Å². The van der Waals surface area contributed by atoms with Crippen LogP contribution >= 0.6 is 11.3 Å². The number of ether oxygens (including phenoxy) is 1. The van der Waals surface area contributed by atoms with Gasteiger partial charge in [0.15, 0.2) is 5.69 Å². The maximum Gasteiger partial charge on any atom is 0.434 e. The minimum atomic E-state index is -4.45. The van der Waals surface area contributed by atoms with Crippen LogP contribution in [0.25, 0.3) is 0 Å². The molecule has 1 aromatic rings. The van der Waals surface area contributed by atoms with Crippen LogP contribution in [-0.2, 0) is 22.3 Å². The average Bonchev–Trinajstić information content (AvgIpc) is 2.87. The molecule has 1 amide bonds. The molecule has 1 unspecified atom stereocenters. The Balaban J connectivity index is 1.95. The third-order valence-corrected chi connectivity index (χ3v) is 3.64. The third-order valence-electron chi connectivity index (χ3n) is 2.81. The predicted octanol–water partition coefficient (Wildman–Crippen LogP) is 1.11. The van der Waals surface area contributed by atoms with E-state index in [2.05, 4.69) is 10.3 Å². The van der Waals surface area contributed by atoms with Gasteiger partial charge in [0, 0.05) is 19.0 Å². The maximum atomic E-state index is 12.4. The molecule has 2 rings (SSSR count). The molecule has 0 saturated carbocycles. The van der Waals surface area contributed by atoms with Crippen LogP contribution in [0.2, 0.25) is 0 Å². The van der Waals surface area contributed by atoms with Crippen LogP contribution in [0.3, 0.4) is 0 Å². The highest BCUT2D eigenvalue weighted by atomic mass is 32.1. The number of carbonyl (C=O) groups excluding carboxylic acids is 1. The Labute approximate surface area is 117 Å². The Morgan fingerprint density at radius 1 is 1.65 bits per heavy atom. The van der Waals surface area contributed by atoms with Crippen molar-refractivity contribution in [3.05, 3.63) is 16.1 Å². The number of likely N-dealkylation sites (N-methyl/N-ethyl adjacent to an activating group) is 1. The fourth-order valence-electron chi connectivity index (χ4n) is 1.78. The van der Waals surface area contributed by atoms with Crippen molar-refractivity contribution >= 4 is 17.2 Å². The fourth-order valence-corrected chi connectivity index (χ4v) is 2.64. The molecule has 0 radical (unpaired) electrons. The lowest BCUT2D eigenvalue weighted by Crippen LogP contribution is -2.51. The Morgan fingerprint density at radius 3 is 2.95 bits per heavy atom. The second-order valence-corrected chi connectivity index (χ2v) is 5.34. The molecule has 1 aliphatic heterocycles. The van der Waals surface area contributed by atoms with Crippen molar-refractivity contribution in [2.45, 2.75) is 18.8 Å². The van der Waals surface area contributed by atoms with E-state index in [0.717, 1.165) is 16.7 Å². The van der Waals surface area contributed by atoms with E-state index in [1.54, 1.807) is 0 Å². The number of rotatable bonds is 3. The van der Waals surface area contributed by atoms with Gasteiger partial charge in [-0.15, -0.1) is 11.3 Å². The van der Waals surface area contributed by atoms with E-state index in [1.807, 2.05) is 0 Å². The molecule has 1 saturated heterocycles. The van der Waals surface area contributed by atoms with Gasteiger partial charge in [0.05, 0.1) is 19.8 Å². The first-order chi connectivity index (χ1) is 9.38. The number of morpholine rings is 1. The average molecular weight is 309 g/mol. The molecule has 0 bridgehead atoms. The third kappa shape index (κ3) is 3.68. The maximum absolute atomic E-state index is 12.4. The van der Waals surface area contributed by atoms with E-state index in [1.165, 1.54) is 11.9 Å². The zero-order valence-corrected chi connectivity index (χ0v) is 11.6. The molecule has 112 valence electrons. The smallest absolute Gasteiger partial charge is 0.378 e. The summed E-state index contributed by atoms with van der Waals surface area (Å²) >= 11 is 0.892. The second kappa shape index (κ2) is 6.06. The molecule has 0 aliphatic carbocycles. The van der Waals surface area contributed by atoms with Gasteiger partial charge in [-0.25, -0.2) is 4.98 Å². The van der Waals surface area contributed by atoms with Crippen molar-refractivity contribution in [1.29, 1.82) is 0 Å². The van der Waals surface area contributed by atoms with Crippen LogP contribution in [0.4, 0.5) is 13.2 Å². The summed E-state index contributed by atoms with van der Waals surface area (Å²) in [5.74, 6) is -0.214. The number of nitrogens with zero attached hydrogens (tertiary/aromatic N) is 2. The van der Waals surface area contributed by atoms with Crippen LogP contribution in [0.1, 0.15) is 10.7 Å². The van der Waals surface area contributed by atoms with Gasteiger partial charge >= 0.3 is 6.18 Å². The first kappa shape index (κ1) is 15.2. The van der Waals surface area contributed by atoms with Gasteiger partial charge in [0.25, 0.3) is 0 Å². The summed E-state index contributed by atoms with van der Waals surface area (Å²) in [6.45, 7) is 1.46. The molecule has 1 aromatic heterocycles. The van der Waals surface area contributed by atoms with Gasteiger partial charge in [-0.05, 0) is 0 Å². The van der Waals surface area contributed by atoms with E-state index in [4.69, 9.17) is 4.74 Å². The van der Waals surface area contributed by atoms with Gasteiger partial charge in [-0.2, -0.15) is 13.2 Å².